The van der Waals surface area contributed by atoms with Gasteiger partial charge < -0.3 is 10.1 Å². The Hall–Kier alpha value is -1.63. The van der Waals surface area contributed by atoms with Gasteiger partial charge >= 0.3 is 12.1 Å². The molecule has 1 heterocycles. The molecule has 1 amide bonds. The van der Waals surface area contributed by atoms with E-state index in [9.17, 15) is 18.0 Å². The molecule has 3 aliphatic rings. The fourth-order valence-electron chi connectivity index (χ4n) is 3.65. The number of ether oxygens (including phenoxy) is 1. The van der Waals surface area contributed by atoms with Gasteiger partial charge in [0, 0.05) is 13.0 Å². The average molecular weight is 300 g/mol. The van der Waals surface area contributed by atoms with Crippen molar-refractivity contribution in [3.05, 3.63) is 24.3 Å². The Morgan fingerprint density at radius 2 is 2.24 bits per heavy atom. The number of halogens is 3. The molecule has 1 saturated carbocycles. The molecular weight excluding hydrogens is 285 g/mol. The molecule has 114 valence electrons. The predicted molar refractivity (Wildman–Crippen MR) is 69.7 cm³/mol. The number of carbonyl (C=O) groups is 1. The molecule has 1 N–H and O–H groups in total. The lowest BCUT2D eigenvalue weighted by Gasteiger charge is -2.37. The minimum atomic E-state index is -4.91. The number of carbonyl (C=O) groups excluding carboxylic acids is 1. The molecule has 21 heavy (non-hydrogen) atoms. The van der Waals surface area contributed by atoms with Gasteiger partial charge in [0.15, 0.2) is 0 Å². The summed E-state index contributed by atoms with van der Waals surface area (Å²) in [6.07, 6.45) is 3.91. The summed E-state index contributed by atoms with van der Waals surface area (Å²) in [4.78, 5) is 15.8. The van der Waals surface area contributed by atoms with Crippen molar-refractivity contribution in [2.45, 2.75) is 36.7 Å². The molecule has 0 aromatic heterocycles. The second kappa shape index (κ2) is 4.43. The quantitative estimate of drug-likeness (QED) is 0.849. The third-order valence-electron chi connectivity index (χ3n) is 4.50. The summed E-state index contributed by atoms with van der Waals surface area (Å²) >= 11 is 0. The Bertz CT molecular complexity index is 567. The van der Waals surface area contributed by atoms with Crippen LogP contribution in [0.4, 0.5) is 13.2 Å². The standard InChI is InChI=1S/C14H15F3N2O2/c1-21-12-7-3-2-6-10(12)18-13(8-4-5-9(12)13)19-11(20)14(15,16)17/h2-3,6-7,9H,4-5,8H2,1H3,(H,19,20)/t9-,12-,13+/m1/s1. The smallest absolute Gasteiger partial charge is 0.367 e. The summed E-state index contributed by atoms with van der Waals surface area (Å²) in [5.74, 6) is -2.27. The molecule has 1 aliphatic heterocycles. The zero-order chi connectivity index (χ0) is 15.3. The summed E-state index contributed by atoms with van der Waals surface area (Å²) in [6.45, 7) is 0. The van der Waals surface area contributed by atoms with Crippen LogP contribution < -0.4 is 5.32 Å². The molecule has 2 aliphatic carbocycles. The van der Waals surface area contributed by atoms with Crippen molar-refractivity contribution in [1.82, 2.24) is 5.32 Å². The largest absolute Gasteiger partial charge is 0.471 e. The molecule has 1 fully saturated rings. The second-order valence-electron chi connectivity index (χ2n) is 5.53. The number of methoxy groups -OCH3 is 1. The lowest BCUT2D eigenvalue weighted by atomic mass is 9.78. The van der Waals surface area contributed by atoms with Gasteiger partial charge in [0.1, 0.15) is 11.3 Å². The van der Waals surface area contributed by atoms with Gasteiger partial charge in [-0.05, 0) is 31.4 Å². The van der Waals surface area contributed by atoms with Gasteiger partial charge in [-0.25, -0.2) is 0 Å². The van der Waals surface area contributed by atoms with Crippen LogP contribution in [-0.4, -0.2) is 36.2 Å². The molecule has 0 aromatic carbocycles. The van der Waals surface area contributed by atoms with E-state index in [0.717, 1.165) is 0 Å². The monoisotopic (exact) mass is 300 g/mol. The van der Waals surface area contributed by atoms with Crippen LogP contribution in [0.15, 0.2) is 29.3 Å². The highest BCUT2D eigenvalue weighted by molar-refractivity contribution is 6.07. The SMILES string of the molecule is CO[C@@]12C=CC=CC1=N[C@]1(NC(=O)C(F)(F)F)CCC[C@@H]12. The first-order valence-corrected chi connectivity index (χ1v) is 6.75. The van der Waals surface area contributed by atoms with Crippen LogP contribution in [0.2, 0.25) is 0 Å². The number of alkyl halides is 3. The molecule has 0 aromatic rings. The molecule has 3 rings (SSSR count). The van der Waals surface area contributed by atoms with Crippen molar-refractivity contribution in [1.29, 1.82) is 0 Å². The van der Waals surface area contributed by atoms with Crippen LogP contribution in [0.1, 0.15) is 19.3 Å². The number of hydrogen-bond donors (Lipinski definition) is 1. The highest BCUT2D eigenvalue weighted by Gasteiger charge is 2.62. The molecule has 0 spiro atoms. The van der Waals surface area contributed by atoms with E-state index in [4.69, 9.17) is 4.74 Å². The van der Waals surface area contributed by atoms with Gasteiger partial charge in [0.2, 0.25) is 0 Å². The van der Waals surface area contributed by atoms with Crippen LogP contribution in [0.5, 0.6) is 0 Å². The lowest BCUT2D eigenvalue weighted by Crippen LogP contribution is -2.56. The average Bonchev–Trinajstić information content (AvgIpc) is 2.92. The number of nitrogens with one attached hydrogen (secondary N) is 1. The van der Waals surface area contributed by atoms with Crippen molar-refractivity contribution < 1.29 is 22.7 Å². The molecule has 0 radical (unpaired) electrons. The Kier molecular flexibility index (Phi) is 3.02. The van der Waals surface area contributed by atoms with E-state index in [-0.39, 0.29) is 5.92 Å². The number of nitrogens with zero attached hydrogens (tertiary/aromatic N) is 1. The van der Waals surface area contributed by atoms with Gasteiger partial charge in [-0.15, -0.1) is 0 Å². The first-order valence-electron chi connectivity index (χ1n) is 6.75. The molecule has 3 atom stereocenters. The van der Waals surface area contributed by atoms with Crippen LogP contribution in [0, 0.1) is 5.92 Å². The van der Waals surface area contributed by atoms with E-state index in [1.54, 1.807) is 18.2 Å². The minimum Gasteiger partial charge on any atom is -0.367 e. The summed E-state index contributed by atoms with van der Waals surface area (Å²) in [5, 5.41) is 2.11. The van der Waals surface area contributed by atoms with Crippen molar-refractivity contribution in [2.24, 2.45) is 10.9 Å². The third kappa shape index (κ3) is 1.94. The number of hydrogen-bond acceptors (Lipinski definition) is 3. The Morgan fingerprint density at radius 1 is 1.48 bits per heavy atom. The van der Waals surface area contributed by atoms with Gasteiger partial charge in [-0.2, -0.15) is 13.2 Å². The van der Waals surface area contributed by atoms with E-state index in [1.165, 1.54) is 7.11 Å². The van der Waals surface area contributed by atoms with Crippen molar-refractivity contribution in [2.75, 3.05) is 7.11 Å². The Morgan fingerprint density at radius 3 is 2.90 bits per heavy atom. The first kappa shape index (κ1) is 14.3. The van der Waals surface area contributed by atoms with E-state index in [2.05, 4.69) is 10.3 Å². The van der Waals surface area contributed by atoms with Crippen LogP contribution in [-0.2, 0) is 9.53 Å². The van der Waals surface area contributed by atoms with Crippen molar-refractivity contribution in [3.8, 4) is 0 Å². The maximum atomic E-state index is 12.6. The number of fused-ring (bicyclic) bond motifs is 3. The van der Waals surface area contributed by atoms with E-state index in [0.29, 0.717) is 25.0 Å². The number of aliphatic imine (C=N–C) groups is 1. The zero-order valence-corrected chi connectivity index (χ0v) is 11.4. The highest BCUT2D eigenvalue weighted by Crippen LogP contribution is 2.51. The van der Waals surface area contributed by atoms with Gasteiger partial charge in [-0.3, -0.25) is 9.79 Å². The van der Waals surface area contributed by atoms with Crippen molar-refractivity contribution >= 4 is 11.6 Å². The number of amides is 1. The van der Waals surface area contributed by atoms with Gasteiger partial charge in [-0.1, -0.05) is 12.2 Å². The lowest BCUT2D eigenvalue weighted by molar-refractivity contribution is -0.176. The number of allylic oxidation sites excluding steroid dienone is 2. The predicted octanol–water partition coefficient (Wildman–Crippen LogP) is 2.13. The molecule has 0 saturated heterocycles. The van der Waals surface area contributed by atoms with E-state index >= 15 is 0 Å². The van der Waals surface area contributed by atoms with Gasteiger partial charge in [0.25, 0.3) is 0 Å². The normalized spacial score (nSPS) is 37.1. The molecule has 4 nitrogen and oxygen atoms in total. The van der Waals surface area contributed by atoms with Crippen LogP contribution >= 0.6 is 0 Å². The molecule has 7 heteroatoms. The summed E-state index contributed by atoms with van der Waals surface area (Å²) in [7, 11) is 1.51. The second-order valence-corrected chi connectivity index (χ2v) is 5.53. The maximum Gasteiger partial charge on any atom is 0.471 e. The maximum absolute atomic E-state index is 12.6. The summed E-state index contributed by atoms with van der Waals surface area (Å²) in [5.41, 5.74) is -1.50. The molecular formula is C14H15F3N2O2. The fraction of sp³-hybridized carbons (Fsp3) is 0.571. The topological polar surface area (TPSA) is 50.7 Å². The van der Waals surface area contributed by atoms with Crippen LogP contribution in [0.3, 0.4) is 0 Å². The first-order chi connectivity index (χ1) is 9.84. The fourth-order valence-corrected chi connectivity index (χ4v) is 3.65. The molecule has 0 bridgehead atoms. The minimum absolute atomic E-state index is 0.322. The number of rotatable bonds is 2. The Labute approximate surface area is 119 Å². The third-order valence-corrected chi connectivity index (χ3v) is 4.50. The highest BCUT2D eigenvalue weighted by atomic mass is 19.4. The summed E-state index contributed by atoms with van der Waals surface area (Å²) < 4.78 is 43.4. The van der Waals surface area contributed by atoms with Crippen molar-refractivity contribution in [3.63, 3.8) is 0 Å². The van der Waals surface area contributed by atoms with E-state index < -0.39 is 23.3 Å². The zero-order valence-electron chi connectivity index (χ0n) is 11.4. The van der Waals surface area contributed by atoms with Gasteiger partial charge in [0.05, 0.1) is 5.71 Å². The van der Waals surface area contributed by atoms with E-state index in [1.807, 2.05) is 6.08 Å². The van der Waals surface area contributed by atoms with Crippen LogP contribution in [0.25, 0.3) is 0 Å². The summed E-state index contributed by atoms with van der Waals surface area (Å²) in [6, 6.07) is 0. The Balaban J connectivity index is 1.99. The molecule has 0 unspecified atom stereocenters.